The Hall–Kier alpha value is 0.290. The number of halogens is 1. The van der Waals surface area contributed by atoms with E-state index in [0.29, 0.717) is 5.41 Å². The molecule has 16 heavy (non-hydrogen) atoms. The van der Waals surface area contributed by atoms with E-state index in [2.05, 4.69) is 6.92 Å². The molecular formula is C15H29Cl. The zero-order chi connectivity index (χ0) is 11.7. The maximum atomic E-state index is 6.15. The fourth-order valence-electron chi connectivity index (χ4n) is 3.03. The maximum absolute atomic E-state index is 6.15. The summed E-state index contributed by atoms with van der Waals surface area (Å²) in [4.78, 5) is 0. The first kappa shape index (κ1) is 14.4. The van der Waals surface area contributed by atoms with E-state index in [4.69, 9.17) is 11.6 Å². The molecule has 0 heterocycles. The summed E-state index contributed by atoms with van der Waals surface area (Å²) in [7, 11) is 0. The third-order valence-electron chi connectivity index (χ3n) is 4.26. The van der Waals surface area contributed by atoms with Crippen molar-refractivity contribution in [2.24, 2.45) is 5.41 Å². The second-order valence-electron chi connectivity index (χ2n) is 5.71. The highest BCUT2D eigenvalue weighted by atomic mass is 35.5. The Morgan fingerprint density at radius 2 is 1.44 bits per heavy atom. The molecule has 0 bridgehead atoms. The molecular weight excluding hydrogens is 216 g/mol. The molecule has 0 atom stereocenters. The number of hydrogen-bond donors (Lipinski definition) is 0. The van der Waals surface area contributed by atoms with Gasteiger partial charge in [-0.2, -0.15) is 0 Å². The molecule has 1 fully saturated rings. The van der Waals surface area contributed by atoms with Crippen LogP contribution in [-0.2, 0) is 0 Å². The van der Waals surface area contributed by atoms with Crippen LogP contribution in [0.3, 0.4) is 0 Å². The lowest BCUT2D eigenvalue weighted by Gasteiger charge is -2.26. The van der Waals surface area contributed by atoms with Gasteiger partial charge < -0.3 is 0 Å². The molecule has 0 spiro atoms. The molecule has 0 N–H and O–H groups in total. The van der Waals surface area contributed by atoms with Crippen molar-refractivity contribution in [1.82, 2.24) is 0 Å². The van der Waals surface area contributed by atoms with Crippen LogP contribution in [0, 0.1) is 5.41 Å². The fourth-order valence-corrected chi connectivity index (χ4v) is 3.43. The molecule has 1 rings (SSSR count). The molecule has 0 aromatic carbocycles. The Morgan fingerprint density at radius 1 is 0.875 bits per heavy atom. The quantitative estimate of drug-likeness (QED) is 0.349. The summed E-state index contributed by atoms with van der Waals surface area (Å²) in [5.41, 5.74) is 0.547. The highest BCUT2D eigenvalue weighted by molar-refractivity contribution is 6.18. The minimum Gasteiger partial charge on any atom is -0.126 e. The lowest BCUT2D eigenvalue weighted by molar-refractivity contribution is 0.300. The molecule has 0 amide bonds. The van der Waals surface area contributed by atoms with Crippen LogP contribution in [-0.4, -0.2) is 5.88 Å². The Labute approximate surface area is 107 Å². The Bertz CT molecular complexity index is 159. The zero-order valence-corrected chi connectivity index (χ0v) is 11.8. The molecule has 0 nitrogen and oxygen atoms in total. The van der Waals surface area contributed by atoms with E-state index in [-0.39, 0.29) is 0 Å². The third-order valence-corrected chi connectivity index (χ3v) is 4.83. The van der Waals surface area contributed by atoms with Gasteiger partial charge in [0, 0.05) is 5.88 Å². The average Bonchev–Trinajstić information content (AvgIpc) is 2.77. The normalized spacial score (nSPS) is 19.1. The zero-order valence-electron chi connectivity index (χ0n) is 11.1. The molecule has 1 saturated carbocycles. The van der Waals surface area contributed by atoms with Crippen LogP contribution in [0.25, 0.3) is 0 Å². The minimum atomic E-state index is 0.547. The topological polar surface area (TPSA) is 0 Å². The molecule has 0 radical (unpaired) electrons. The van der Waals surface area contributed by atoms with Crippen LogP contribution in [0.4, 0.5) is 0 Å². The van der Waals surface area contributed by atoms with Gasteiger partial charge in [-0.05, 0) is 24.7 Å². The summed E-state index contributed by atoms with van der Waals surface area (Å²) < 4.78 is 0. The van der Waals surface area contributed by atoms with Gasteiger partial charge in [0.05, 0.1) is 0 Å². The Kier molecular flexibility index (Phi) is 7.53. The molecule has 0 saturated heterocycles. The number of rotatable bonds is 9. The van der Waals surface area contributed by atoms with E-state index in [1.54, 1.807) is 0 Å². The fraction of sp³-hybridized carbons (Fsp3) is 1.00. The summed E-state index contributed by atoms with van der Waals surface area (Å²) in [5, 5.41) is 0. The summed E-state index contributed by atoms with van der Waals surface area (Å²) >= 11 is 6.15. The van der Waals surface area contributed by atoms with Crippen LogP contribution in [0.15, 0.2) is 0 Å². The second kappa shape index (κ2) is 8.39. The van der Waals surface area contributed by atoms with Crippen molar-refractivity contribution in [2.75, 3.05) is 5.88 Å². The van der Waals surface area contributed by atoms with Crippen molar-refractivity contribution in [3.63, 3.8) is 0 Å². The standard InChI is InChI=1S/C15H29Cl/c1-2-3-4-5-6-7-8-11-15(14-16)12-9-10-13-15/h2-14H2,1H3. The lowest BCUT2D eigenvalue weighted by Crippen LogP contribution is -2.18. The third kappa shape index (κ3) is 5.08. The van der Waals surface area contributed by atoms with Crippen molar-refractivity contribution < 1.29 is 0 Å². The van der Waals surface area contributed by atoms with E-state index in [9.17, 15) is 0 Å². The number of hydrogen-bond acceptors (Lipinski definition) is 0. The van der Waals surface area contributed by atoms with E-state index in [1.165, 1.54) is 77.0 Å². The molecule has 0 aliphatic heterocycles. The predicted molar refractivity (Wildman–Crippen MR) is 74.2 cm³/mol. The predicted octanol–water partition coefficient (Wildman–Crippen LogP) is 5.93. The van der Waals surface area contributed by atoms with Gasteiger partial charge >= 0.3 is 0 Å². The van der Waals surface area contributed by atoms with Crippen molar-refractivity contribution in [3.05, 3.63) is 0 Å². The van der Waals surface area contributed by atoms with Gasteiger partial charge in [-0.25, -0.2) is 0 Å². The van der Waals surface area contributed by atoms with Gasteiger partial charge in [0.15, 0.2) is 0 Å². The molecule has 0 aromatic rings. The largest absolute Gasteiger partial charge is 0.126 e. The van der Waals surface area contributed by atoms with E-state index in [1.807, 2.05) is 0 Å². The van der Waals surface area contributed by atoms with Crippen molar-refractivity contribution in [3.8, 4) is 0 Å². The Morgan fingerprint density at radius 3 is 2.00 bits per heavy atom. The second-order valence-corrected chi connectivity index (χ2v) is 5.98. The Balaban J connectivity index is 1.97. The van der Waals surface area contributed by atoms with Crippen LogP contribution < -0.4 is 0 Å². The van der Waals surface area contributed by atoms with Crippen LogP contribution in [0.2, 0.25) is 0 Å². The summed E-state index contributed by atoms with van der Waals surface area (Å²) in [6.45, 7) is 2.28. The number of alkyl halides is 1. The molecule has 0 aromatic heterocycles. The average molecular weight is 245 g/mol. The lowest BCUT2D eigenvalue weighted by atomic mass is 9.83. The first-order valence-electron chi connectivity index (χ1n) is 7.39. The summed E-state index contributed by atoms with van der Waals surface area (Å²) in [6.07, 6.45) is 17.0. The van der Waals surface area contributed by atoms with Crippen molar-refractivity contribution in [2.45, 2.75) is 84.0 Å². The highest BCUT2D eigenvalue weighted by Crippen LogP contribution is 2.43. The van der Waals surface area contributed by atoms with Gasteiger partial charge in [-0.1, -0.05) is 64.7 Å². The minimum absolute atomic E-state index is 0.547. The summed E-state index contributed by atoms with van der Waals surface area (Å²) in [5.74, 6) is 0.906. The van der Waals surface area contributed by atoms with Gasteiger partial charge in [0.2, 0.25) is 0 Å². The van der Waals surface area contributed by atoms with Crippen LogP contribution in [0.1, 0.15) is 84.0 Å². The molecule has 96 valence electrons. The van der Waals surface area contributed by atoms with Gasteiger partial charge in [0.1, 0.15) is 0 Å². The van der Waals surface area contributed by atoms with E-state index in [0.717, 1.165) is 5.88 Å². The smallest absolute Gasteiger partial charge is 0.0279 e. The first-order chi connectivity index (χ1) is 7.83. The summed E-state index contributed by atoms with van der Waals surface area (Å²) in [6, 6.07) is 0. The van der Waals surface area contributed by atoms with E-state index < -0.39 is 0 Å². The van der Waals surface area contributed by atoms with Crippen molar-refractivity contribution in [1.29, 1.82) is 0 Å². The van der Waals surface area contributed by atoms with Crippen molar-refractivity contribution >= 4 is 11.6 Å². The SMILES string of the molecule is CCCCCCCCCC1(CCl)CCCC1. The van der Waals surface area contributed by atoms with Gasteiger partial charge in [0.25, 0.3) is 0 Å². The highest BCUT2D eigenvalue weighted by Gasteiger charge is 2.31. The molecule has 1 aliphatic rings. The molecule has 0 unspecified atom stereocenters. The van der Waals surface area contributed by atoms with E-state index >= 15 is 0 Å². The maximum Gasteiger partial charge on any atom is 0.0279 e. The molecule has 1 aliphatic carbocycles. The first-order valence-corrected chi connectivity index (χ1v) is 7.92. The monoisotopic (exact) mass is 244 g/mol. The van der Waals surface area contributed by atoms with Gasteiger partial charge in [-0.3, -0.25) is 0 Å². The van der Waals surface area contributed by atoms with Crippen LogP contribution in [0.5, 0.6) is 0 Å². The van der Waals surface area contributed by atoms with Crippen LogP contribution >= 0.6 is 11.6 Å². The van der Waals surface area contributed by atoms with Gasteiger partial charge in [-0.15, -0.1) is 11.6 Å². The molecule has 1 heteroatoms. The number of unbranched alkanes of at least 4 members (excludes halogenated alkanes) is 6.